The molecule has 0 unspecified atom stereocenters. The maximum atomic E-state index is 12.2. The molecule has 2 fully saturated rings. The van der Waals surface area contributed by atoms with Gasteiger partial charge in [-0.1, -0.05) is 18.2 Å². The van der Waals surface area contributed by atoms with Crippen molar-refractivity contribution in [2.24, 2.45) is 5.92 Å². The van der Waals surface area contributed by atoms with E-state index < -0.39 is 6.10 Å². The summed E-state index contributed by atoms with van der Waals surface area (Å²) in [6.45, 7) is 0.263. The zero-order chi connectivity index (χ0) is 15.1. The summed E-state index contributed by atoms with van der Waals surface area (Å²) in [6, 6.07) is 10.1. The van der Waals surface area contributed by atoms with Crippen LogP contribution in [0.4, 0.5) is 0 Å². The van der Waals surface area contributed by atoms with E-state index in [4.69, 9.17) is 4.74 Å². The van der Waals surface area contributed by atoms with Crippen LogP contribution in [-0.2, 0) is 9.53 Å². The molecule has 2 saturated heterocycles. The Hall–Kier alpha value is -1.43. The fourth-order valence-corrected chi connectivity index (χ4v) is 4.56. The second kappa shape index (κ2) is 5.65. The van der Waals surface area contributed by atoms with Crippen LogP contribution in [-0.4, -0.2) is 29.8 Å². The molecule has 4 nitrogen and oxygen atoms in total. The maximum Gasteiger partial charge on any atom is 0.225 e. The molecule has 4 rings (SSSR count). The highest BCUT2D eigenvalue weighted by Crippen LogP contribution is 2.38. The molecule has 1 aromatic heterocycles. The Labute approximate surface area is 133 Å². The molecule has 116 valence electrons. The van der Waals surface area contributed by atoms with Crippen LogP contribution in [0.3, 0.4) is 0 Å². The monoisotopic (exact) mass is 317 g/mol. The Kier molecular flexibility index (Phi) is 3.64. The van der Waals surface area contributed by atoms with Crippen LogP contribution in [0.5, 0.6) is 0 Å². The van der Waals surface area contributed by atoms with Gasteiger partial charge in [-0.05, 0) is 36.8 Å². The highest BCUT2D eigenvalue weighted by Gasteiger charge is 2.44. The van der Waals surface area contributed by atoms with Crippen LogP contribution < -0.4 is 5.32 Å². The number of ether oxygens (including phenoxy) is 1. The van der Waals surface area contributed by atoms with Gasteiger partial charge in [0.25, 0.3) is 0 Å². The number of carbonyl (C=O) groups is 1. The minimum absolute atomic E-state index is 0.0207. The third-order valence-corrected chi connectivity index (χ3v) is 5.90. The molecule has 2 aliphatic rings. The van der Waals surface area contributed by atoms with Crippen LogP contribution in [0.15, 0.2) is 30.3 Å². The number of nitrogens with one attached hydrogen (secondary N) is 1. The van der Waals surface area contributed by atoms with Crippen molar-refractivity contribution in [2.45, 2.75) is 37.6 Å². The summed E-state index contributed by atoms with van der Waals surface area (Å²) in [4.78, 5) is 13.1. The molecule has 2 aliphatic heterocycles. The molecule has 4 atom stereocenters. The molecular formula is C17H19NO3S. The standard InChI is InChI=1S/C17H19NO3S/c19-13(16-7-10-3-1-2-4-15(10)22-16)9-18-17(20)12-8-11-5-6-14(12)21-11/h1-4,7,11-14,19H,5-6,8-9H2,(H,18,20)/t11-,12-,13-,14-/m1/s1. The Morgan fingerprint density at radius 2 is 2.27 bits per heavy atom. The average molecular weight is 317 g/mol. The maximum absolute atomic E-state index is 12.2. The van der Waals surface area contributed by atoms with Crippen LogP contribution in [0.25, 0.3) is 10.1 Å². The number of aliphatic hydroxyl groups is 1. The van der Waals surface area contributed by atoms with E-state index in [1.54, 1.807) is 11.3 Å². The van der Waals surface area contributed by atoms with Gasteiger partial charge in [0.1, 0.15) is 6.10 Å². The lowest BCUT2D eigenvalue weighted by Gasteiger charge is -2.19. The highest BCUT2D eigenvalue weighted by molar-refractivity contribution is 7.19. The van der Waals surface area contributed by atoms with Gasteiger partial charge >= 0.3 is 0 Å². The molecule has 0 saturated carbocycles. The molecule has 0 radical (unpaired) electrons. The van der Waals surface area contributed by atoms with Gasteiger partial charge in [-0.2, -0.15) is 0 Å². The zero-order valence-corrected chi connectivity index (χ0v) is 13.0. The summed E-state index contributed by atoms with van der Waals surface area (Å²) in [5.41, 5.74) is 0. The van der Waals surface area contributed by atoms with Crippen LogP contribution in [0.1, 0.15) is 30.2 Å². The first-order valence-corrected chi connectivity index (χ1v) is 8.62. The third kappa shape index (κ3) is 2.53. The summed E-state index contributed by atoms with van der Waals surface area (Å²) in [5, 5.41) is 14.3. The largest absolute Gasteiger partial charge is 0.386 e. The molecule has 2 bridgehead atoms. The van der Waals surface area contributed by atoms with Gasteiger partial charge in [-0.3, -0.25) is 4.79 Å². The summed E-state index contributed by atoms with van der Waals surface area (Å²) >= 11 is 1.58. The fraction of sp³-hybridized carbons (Fsp3) is 0.471. The molecule has 5 heteroatoms. The van der Waals surface area contributed by atoms with Crippen LogP contribution >= 0.6 is 11.3 Å². The minimum Gasteiger partial charge on any atom is -0.386 e. The second-order valence-electron chi connectivity index (χ2n) is 6.16. The summed E-state index contributed by atoms with van der Waals surface area (Å²) in [5.74, 6) is -0.0132. The number of amides is 1. The molecule has 0 spiro atoms. The van der Waals surface area contributed by atoms with Crippen molar-refractivity contribution in [3.63, 3.8) is 0 Å². The molecule has 2 N–H and O–H groups in total. The van der Waals surface area contributed by atoms with Crippen molar-refractivity contribution in [2.75, 3.05) is 6.54 Å². The normalized spacial score (nSPS) is 28.1. The number of carbonyl (C=O) groups excluding carboxylic acids is 1. The molecular weight excluding hydrogens is 298 g/mol. The number of rotatable bonds is 4. The summed E-state index contributed by atoms with van der Waals surface area (Å²) in [7, 11) is 0. The van der Waals surface area contributed by atoms with Crippen LogP contribution in [0, 0.1) is 5.92 Å². The van der Waals surface area contributed by atoms with Crippen LogP contribution in [0.2, 0.25) is 0 Å². The van der Waals surface area contributed by atoms with Crippen molar-refractivity contribution >= 4 is 27.3 Å². The number of fused-ring (bicyclic) bond motifs is 3. The average Bonchev–Trinajstić information content (AvgIpc) is 3.25. The molecule has 3 heterocycles. The van der Waals surface area contributed by atoms with Crippen molar-refractivity contribution in [1.29, 1.82) is 0 Å². The van der Waals surface area contributed by atoms with Gasteiger partial charge in [0.15, 0.2) is 0 Å². The van der Waals surface area contributed by atoms with E-state index in [1.165, 1.54) is 0 Å². The first kappa shape index (κ1) is 14.2. The smallest absolute Gasteiger partial charge is 0.225 e. The predicted molar refractivity (Wildman–Crippen MR) is 85.8 cm³/mol. The van der Waals surface area contributed by atoms with E-state index in [1.807, 2.05) is 30.3 Å². The Morgan fingerprint density at radius 3 is 3.00 bits per heavy atom. The van der Waals surface area contributed by atoms with Crippen molar-refractivity contribution in [1.82, 2.24) is 5.32 Å². The van der Waals surface area contributed by atoms with E-state index in [0.29, 0.717) is 0 Å². The van der Waals surface area contributed by atoms with E-state index in [-0.39, 0.29) is 30.6 Å². The molecule has 1 aromatic carbocycles. The number of hydrogen-bond acceptors (Lipinski definition) is 4. The van der Waals surface area contributed by atoms with Crippen molar-refractivity contribution in [3.8, 4) is 0 Å². The number of aliphatic hydroxyl groups excluding tert-OH is 1. The van der Waals surface area contributed by atoms with E-state index in [9.17, 15) is 9.90 Å². The Morgan fingerprint density at radius 1 is 1.41 bits per heavy atom. The summed E-state index contributed by atoms with van der Waals surface area (Å²) in [6.07, 6.45) is 2.61. The molecule has 0 aliphatic carbocycles. The lowest BCUT2D eigenvalue weighted by atomic mass is 9.88. The Bertz CT molecular complexity index is 665. The van der Waals surface area contributed by atoms with Gasteiger partial charge in [0.2, 0.25) is 5.91 Å². The first-order valence-electron chi connectivity index (χ1n) is 7.80. The SMILES string of the molecule is O=C(NC[C@@H](O)c1cc2ccccc2s1)[C@@H]1C[C@H]2CC[C@H]1O2. The third-order valence-electron chi connectivity index (χ3n) is 4.69. The van der Waals surface area contributed by atoms with Gasteiger partial charge in [0.05, 0.1) is 18.1 Å². The summed E-state index contributed by atoms with van der Waals surface area (Å²) < 4.78 is 6.87. The predicted octanol–water partition coefficient (Wildman–Crippen LogP) is 2.62. The minimum atomic E-state index is -0.652. The molecule has 22 heavy (non-hydrogen) atoms. The van der Waals surface area contributed by atoms with Crippen molar-refractivity contribution < 1.29 is 14.6 Å². The number of benzene rings is 1. The van der Waals surface area contributed by atoms with Gasteiger partial charge < -0.3 is 15.2 Å². The second-order valence-corrected chi connectivity index (χ2v) is 7.28. The fourth-order valence-electron chi connectivity index (χ4n) is 3.51. The van der Waals surface area contributed by atoms with E-state index >= 15 is 0 Å². The van der Waals surface area contributed by atoms with E-state index in [0.717, 1.165) is 34.2 Å². The quantitative estimate of drug-likeness (QED) is 0.911. The van der Waals surface area contributed by atoms with Crippen molar-refractivity contribution in [3.05, 3.63) is 35.2 Å². The lowest BCUT2D eigenvalue weighted by molar-refractivity contribution is -0.127. The highest BCUT2D eigenvalue weighted by atomic mass is 32.1. The van der Waals surface area contributed by atoms with E-state index in [2.05, 4.69) is 5.32 Å². The first-order chi connectivity index (χ1) is 10.7. The molecule has 1 amide bonds. The number of hydrogen-bond donors (Lipinski definition) is 2. The Balaban J connectivity index is 1.37. The molecule has 2 aromatic rings. The van der Waals surface area contributed by atoms with Gasteiger partial charge in [0, 0.05) is 16.1 Å². The van der Waals surface area contributed by atoms with Gasteiger partial charge in [-0.25, -0.2) is 0 Å². The zero-order valence-electron chi connectivity index (χ0n) is 12.2. The topological polar surface area (TPSA) is 58.6 Å². The number of thiophene rings is 1. The lowest BCUT2D eigenvalue weighted by Crippen LogP contribution is -2.37. The van der Waals surface area contributed by atoms with Gasteiger partial charge in [-0.15, -0.1) is 11.3 Å².